The molecule has 1 aromatic carbocycles. The summed E-state index contributed by atoms with van der Waals surface area (Å²) in [4.78, 5) is 22.4. The first-order chi connectivity index (χ1) is 10.7. The van der Waals surface area contributed by atoms with Crippen molar-refractivity contribution in [3.63, 3.8) is 0 Å². The Balaban J connectivity index is 2.90. The van der Waals surface area contributed by atoms with Gasteiger partial charge in [-0.05, 0) is 36.6 Å². The molecule has 1 amide bonds. The fraction of sp³-hybridized carbons (Fsp3) is 0.467. The summed E-state index contributed by atoms with van der Waals surface area (Å²) in [5.74, 6) is -1.36. The highest BCUT2D eigenvalue weighted by Gasteiger charge is 2.26. The molecule has 8 heteroatoms. The van der Waals surface area contributed by atoms with Gasteiger partial charge in [0.05, 0.1) is 4.90 Å². The van der Waals surface area contributed by atoms with Gasteiger partial charge < -0.3 is 10.4 Å². The van der Waals surface area contributed by atoms with E-state index in [-0.39, 0.29) is 23.1 Å². The van der Waals surface area contributed by atoms with Gasteiger partial charge in [-0.15, -0.1) is 0 Å². The molecule has 0 saturated carbocycles. The quantitative estimate of drug-likeness (QED) is 0.667. The number of hydrogen-bond acceptors (Lipinski definition) is 4. The molecule has 1 rings (SSSR count). The number of benzene rings is 1. The Morgan fingerprint density at radius 3 is 2.17 bits per heavy atom. The molecule has 1 aromatic rings. The number of carbonyl (C=O) groups excluding carboxylic acids is 1. The second-order valence-electron chi connectivity index (χ2n) is 5.57. The molecule has 7 nitrogen and oxygen atoms in total. The van der Waals surface area contributed by atoms with Crippen LogP contribution in [-0.4, -0.2) is 31.4 Å². The number of hydrogen-bond donors (Lipinski definition) is 3. The molecule has 0 aliphatic heterocycles. The highest BCUT2D eigenvalue weighted by molar-refractivity contribution is 7.89. The van der Waals surface area contributed by atoms with Crippen molar-refractivity contribution >= 4 is 27.6 Å². The number of amides is 1. The van der Waals surface area contributed by atoms with Crippen LogP contribution in [0.4, 0.5) is 5.69 Å². The molecule has 0 saturated heterocycles. The largest absolute Gasteiger partial charge is 0.480 e. The standard InChI is InChI=1S/C15H22N2O5S/c1-4-14(18)16-11-5-7-12(8-6-11)23(21,22)17-13(15(19)20)9-10(2)3/h5-8,10,13,17H,4,9H2,1-3H3,(H,16,18)(H,19,20)/t13-/m1/s1. The van der Waals surface area contributed by atoms with Crippen molar-refractivity contribution in [2.75, 3.05) is 5.32 Å². The number of carboxylic acids is 1. The second kappa shape index (κ2) is 8.07. The van der Waals surface area contributed by atoms with Gasteiger partial charge in [0, 0.05) is 12.1 Å². The normalized spacial score (nSPS) is 12.9. The number of rotatable bonds is 8. The van der Waals surface area contributed by atoms with Crippen LogP contribution in [0, 0.1) is 5.92 Å². The van der Waals surface area contributed by atoms with Gasteiger partial charge in [-0.3, -0.25) is 9.59 Å². The van der Waals surface area contributed by atoms with E-state index in [2.05, 4.69) is 10.0 Å². The average molecular weight is 342 g/mol. The molecule has 0 aliphatic rings. The first-order valence-corrected chi connectivity index (χ1v) is 8.79. The molecule has 0 aromatic heterocycles. The molecule has 0 spiro atoms. The number of anilines is 1. The first kappa shape index (κ1) is 19.1. The lowest BCUT2D eigenvalue weighted by atomic mass is 10.1. The number of carbonyl (C=O) groups is 2. The average Bonchev–Trinajstić information content (AvgIpc) is 2.46. The van der Waals surface area contributed by atoms with Gasteiger partial charge in [0.2, 0.25) is 15.9 Å². The van der Waals surface area contributed by atoms with Crippen LogP contribution in [-0.2, 0) is 19.6 Å². The monoisotopic (exact) mass is 342 g/mol. The molecular weight excluding hydrogens is 320 g/mol. The van der Waals surface area contributed by atoms with Crippen molar-refractivity contribution in [1.82, 2.24) is 4.72 Å². The van der Waals surface area contributed by atoms with Gasteiger partial charge in [-0.25, -0.2) is 8.42 Å². The Kier molecular flexibility index (Phi) is 6.71. The summed E-state index contributed by atoms with van der Waals surface area (Å²) < 4.78 is 26.7. The van der Waals surface area contributed by atoms with Gasteiger partial charge in [0.15, 0.2) is 0 Å². The van der Waals surface area contributed by atoms with Crippen LogP contribution in [0.3, 0.4) is 0 Å². The minimum atomic E-state index is -3.94. The fourth-order valence-electron chi connectivity index (χ4n) is 1.89. The number of nitrogens with one attached hydrogen (secondary N) is 2. The molecule has 0 aliphatic carbocycles. The van der Waals surface area contributed by atoms with Crippen molar-refractivity contribution in [2.24, 2.45) is 5.92 Å². The van der Waals surface area contributed by atoms with Crippen LogP contribution in [0.2, 0.25) is 0 Å². The van der Waals surface area contributed by atoms with E-state index in [1.165, 1.54) is 24.3 Å². The summed E-state index contributed by atoms with van der Waals surface area (Å²) in [5.41, 5.74) is 0.479. The smallest absolute Gasteiger partial charge is 0.321 e. The predicted octanol–water partition coefficient (Wildman–Crippen LogP) is 1.81. The summed E-state index contributed by atoms with van der Waals surface area (Å²) in [6.07, 6.45) is 0.510. The third-order valence-corrected chi connectivity index (χ3v) is 4.56. The Morgan fingerprint density at radius 1 is 1.17 bits per heavy atom. The number of aliphatic carboxylic acids is 1. The lowest BCUT2D eigenvalue weighted by molar-refractivity contribution is -0.139. The van der Waals surface area contributed by atoms with Crippen LogP contribution < -0.4 is 10.0 Å². The SMILES string of the molecule is CCC(=O)Nc1ccc(S(=O)(=O)N[C@H](CC(C)C)C(=O)O)cc1. The van der Waals surface area contributed by atoms with Gasteiger partial charge in [-0.1, -0.05) is 20.8 Å². The van der Waals surface area contributed by atoms with E-state index >= 15 is 0 Å². The molecule has 0 fully saturated rings. The van der Waals surface area contributed by atoms with Gasteiger partial charge in [0.1, 0.15) is 6.04 Å². The van der Waals surface area contributed by atoms with Crippen LogP contribution in [0.5, 0.6) is 0 Å². The summed E-state index contributed by atoms with van der Waals surface area (Å²) in [6, 6.07) is 4.38. The Hall–Kier alpha value is -1.93. The van der Waals surface area contributed by atoms with Gasteiger partial charge in [0.25, 0.3) is 0 Å². The first-order valence-electron chi connectivity index (χ1n) is 7.30. The summed E-state index contributed by atoms with van der Waals surface area (Å²) in [6.45, 7) is 5.34. The minimum Gasteiger partial charge on any atom is -0.480 e. The zero-order valence-corrected chi connectivity index (χ0v) is 14.2. The van der Waals surface area contributed by atoms with E-state index in [9.17, 15) is 18.0 Å². The van der Waals surface area contributed by atoms with Crippen LogP contribution in [0.25, 0.3) is 0 Å². The summed E-state index contributed by atoms with van der Waals surface area (Å²) in [7, 11) is -3.94. The van der Waals surface area contributed by atoms with Gasteiger partial charge in [-0.2, -0.15) is 4.72 Å². The highest BCUT2D eigenvalue weighted by atomic mass is 32.2. The summed E-state index contributed by atoms with van der Waals surface area (Å²) >= 11 is 0. The molecule has 1 atom stereocenters. The maximum absolute atomic E-state index is 12.3. The van der Waals surface area contributed by atoms with E-state index < -0.39 is 22.0 Å². The van der Waals surface area contributed by atoms with E-state index in [0.29, 0.717) is 12.1 Å². The van der Waals surface area contributed by atoms with Crippen molar-refractivity contribution in [1.29, 1.82) is 0 Å². The van der Waals surface area contributed by atoms with E-state index in [4.69, 9.17) is 5.11 Å². The number of sulfonamides is 1. The number of carboxylic acid groups (broad SMARTS) is 1. The molecule has 3 N–H and O–H groups in total. The van der Waals surface area contributed by atoms with E-state index in [0.717, 1.165) is 0 Å². The zero-order valence-electron chi connectivity index (χ0n) is 13.4. The topological polar surface area (TPSA) is 113 Å². The lowest BCUT2D eigenvalue weighted by Crippen LogP contribution is -2.41. The van der Waals surface area contributed by atoms with Crippen molar-refractivity contribution in [3.8, 4) is 0 Å². The van der Waals surface area contributed by atoms with E-state index in [1.54, 1.807) is 6.92 Å². The van der Waals surface area contributed by atoms with Crippen LogP contribution in [0.1, 0.15) is 33.6 Å². The molecular formula is C15H22N2O5S. The molecule has 0 unspecified atom stereocenters. The predicted molar refractivity (Wildman–Crippen MR) is 86.6 cm³/mol. The Bertz CT molecular complexity index is 653. The molecule has 128 valence electrons. The van der Waals surface area contributed by atoms with Crippen molar-refractivity contribution < 1.29 is 23.1 Å². The highest BCUT2D eigenvalue weighted by Crippen LogP contribution is 2.16. The van der Waals surface area contributed by atoms with Crippen LogP contribution >= 0.6 is 0 Å². The van der Waals surface area contributed by atoms with Gasteiger partial charge >= 0.3 is 5.97 Å². The molecule has 0 radical (unpaired) electrons. The molecule has 23 heavy (non-hydrogen) atoms. The maximum Gasteiger partial charge on any atom is 0.321 e. The van der Waals surface area contributed by atoms with E-state index in [1.807, 2.05) is 13.8 Å². The zero-order chi connectivity index (χ0) is 17.6. The Labute approximate surface area is 136 Å². The third kappa shape index (κ3) is 5.99. The fourth-order valence-corrected chi connectivity index (χ4v) is 3.09. The minimum absolute atomic E-state index is 0.0328. The van der Waals surface area contributed by atoms with Crippen molar-refractivity contribution in [3.05, 3.63) is 24.3 Å². The second-order valence-corrected chi connectivity index (χ2v) is 7.28. The molecule has 0 heterocycles. The third-order valence-electron chi connectivity index (χ3n) is 3.07. The van der Waals surface area contributed by atoms with Crippen LogP contribution in [0.15, 0.2) is 29.2 Å². The summed E-state index contributed by atoms with van der Waals surface area (Å²) in [5, 5.41) is 11.7. The Morgan fingerprint density at radius 2 is 1.74 bits per heavy atom. The lowest BCUT2D eigenvalue weighted by Gasteiger charge is -2.16. The molecule has 0 bridgehead atoms. The maximum atomic E-state index is 12.3. The van der Waals surface area contributed by atoms with Crippen molar-refractivity contribution in [2.45, 2.75) is 44.6 Å².